The molecule has 2 heterocycles. The lowest BCUT2D eigenvalue weighted by Crippen LogP contribution is -2.31. The average Bonchev–Trinajstić information content (AvgIpc) is 3.16. The van der Waals surface area contributed by atoms with Gasteiger partial charge in [-0.2, -0.15) is 0 Å². The second-order valence-electron chi connectivity index (χ2n) is 5.99. The number of aromatic nitrogens is 3. The van der Waals surface area contributed by atoms with E-state index in [1.54, 1.807) is 17.4 Å². The van der Waals surface area contributed by atoms with E-state index in [2.05, 4.69) is 34.1 Å². The van der Waals surface area contributed by atoms with Gasteiger partial charge >= 0.3 is 0 Å². The fraction of sp³-hybridized carbons (Fsp3) is 0.278. The number of amides is 1. The van der Waals surface area contributed by atoms with Crippen molar-refractivity contribution in [3.63, 3.8) is 0 Å². The average molecular weight is 340 g/mol. The molecule has 2 N–H and O–H groups in total. The Morgan fingerprint density at radius 1 is 1.29 bits per heavy atom. The summed E-state index contributed by atoms with van der Waals surface area (Å²) < 4.78 is 0. The zero-order valence-electron chi connectivity index (χ0n) is 13.9. The van der Waals surface area contributed by atoms with Crippen molar-refractivity contribution in [1.29, 1.82) is 0 Å². The van der Waals surface area contributed by atoms with Gasteiger partial charge in [0.05, 0.1) is 27.8 Å². The Labute approximate surface area is 144 Å². The maximum Gasteiger partial charge on any atom is 0.244 e. The number of fused-ring (bicyclic) bond motifs is 1. The highest BCUT2D eigenvalue weighted by Crippen LogP contribution is 2.22. The Kier molecular flexibility index (Phi) is 4.76. The molecule has 2 aromatic heterocycles. The van der Waals surface area contributed by atoms with Crippen LogP contribution < -0.4 is 5.32 Å². The first-order valence-electron chi connectivity index (χ1n) is 7.88. The molecular weight excluding hydrogens is 320 g/mol. The number of para-hydroxylation sites is 2. The molecule has 5 nitrogen and oxygen atoms in total. The first-order valence-corrected chi connectivity index (χ1v) is 8.76. The Morgan fingerprint density at radius 2 is 2.08 bits per heavy atom. The summed E-state index contributed by atoms with van der Waals surface area (Å²) in [7, 11) is 0. The minimum Gasteiger partial charge on any atom is -0.342 e. The van der Waals surface area contributed by atoms with Gasteiger partial charge in [-0.05, 0) is 31.1 Å². The highest BCUT2D eigenvalue weighted by atomic mass is 32.1. The summed E-state index contributed by atoms with van der Waals surface area (Å²) >= 11 is 1.57. The monoisotopic (exact) mass is 340 g/mol. The van der Waals surface area contributed by atoms with Gasteiger partial charge in [-0.25, -0.2) is 9.97 Å². The number of aryl methyl sites for hydroxylation is 1. The smallest absolute Gasteiger partial charge is 0.244 e. The lowest BCUT2D eigenvalue weighted by molar-refractivity contribution is -0.117. The molecule has 0 bridgehead atoms. The zero-order valence-corrected chi connectivity index (χ0v) is 14.7. The fourth-order valence-electron chi connectivity index (χ4n) is 2.49. The second kappa shape index (κ2) is 6.97. The number of benzene rings is 1. The van der Waals surface area contributed by atoms with Crippen LogP contribution in [0.5, 0.6) is 0 Å². The third kappa shape index (κ3) is 3.71. The van der Waals surface area contributed by atoms with Crippen molar-refractivity contribution in [2.75, 3.05) is 0 Å². The molecule has 3 rings (SSSR count). The Hall–Kier alpha value is -2.47. The molecule has 0 saturated heterocycles. The van der Waals surface area contributed by atoms with E-state index in [1.165, 1.54) is 6.08 Å². The topological polar surface area (TPSA) is 70.7 Å². The van der Waals surface area contributed by atoms with Crippen molar-refractivity contribution in [3.8, 4) is 0 Å². The van der Waals surface area contributed by atoms with Crippen LogP contribution in [0.3, 0.4) is 0 Å². The lowest BCUT2D eigenvalue weighted by atomic mass is 10.0. The number of H-pyrrole nitrogens is 1. The largest absolute Gasteiger partial charge is 0.342 e. The molecule has 1 amide bonds. The first kappa shape index (κ1) is 16.4. The molecule has 0 aliphatic rings. The number of imidazole rings is 1. The third-order valence-electron chi connectivity index (χ3n) is 3.71. The third-order valence-corrected chi connectivity index (χ3v) is 4.50. The zero-order chi connectivity index (χ0) is 17.1. The summed E-state index contributed by atoms with van der Waals surface area (Å²) in [5.74, 6) is 0.835. The van der Waals surface area contributed by atoms with E-state index < -0.39 is 0 Å². The summed E-state index contributed by atoms with van der Waals surface area (Å²) in [5.41, 5.74) is 2.68. The summed E-state index contributed by atoms with van der Waals surface area (Å²) in [5, 5.41) is 5.94. The molecule has 0 saturated carbocycles. The van der Waals surface area contributed by atoms with Crippen LogP contribution in [0.1, 0.15) is 36.4 Å². The van der Waals surface area contributed by atoms with Crippen molar-refractivity contribution in [2.45, 2.75) is 26.8 Å². The van der Waals surface area contributed by atoms with E-state index in [0.29, 0.717) is 0 Å². The number of nitrogens with one attached hydrogen (secondary N) is 2. The molecule has 1 atom stereocenters. The van der Waals surface area contributed by atoms with E-state index in [4.69, 9.17) is 0 Å². The predicted molar refractivity (Wildman–Crippen MR) is 97.7 cm³/mol. The van der Waals surface area contributed by atoms with E-state index in [9.17, 15) is 4.79 Å². The van der Waals surface area contributed by atoms with Crippen LogP contribution in [-0.4, -0.2) is 20.9 Å². The maximum atomic E-state index is 12.3. The van der Waals surface area contributed by atoms with Gasteiger partial charge < -0.3 is 10.3 Å². The molecule has 1 aromatic carbocycles. The number of hydrogen-bond acceptors (Lipinski definition) is 4. The van der Waals surface area contributed by atoms with Crippen LogP contribution in [0.2, 0.25) is 0 Å². The molecule has 0 aliphatic carbocycles. The Morgan fingerprint density at radius 3 is 2.75 bits per heavy atom. The molecule has 0 fully saturated rings. The Bertz CT molecular complexity index is 845. The van der Waals surface area contributed by atoms with E-state index in [-0.39, 0.29) is 17.9 Å². The molecule has 0 aliphatic heterocycles. The Balaban J connectivity index is 1.76. The van der Waals surface area contributed by atoms with Crippen LogP contribution in [-0.2, 0) is 4.79 Å². The van der Waals surface area contributed by atoms with Crippen LogP contribution in [0.4, 0.5) is 0 Å². The minimum atomic E-state index is -0.174. The number of rotatable bonds is 5. The van der Waals surface area contributed by atoms with Crippen LogP contribution in [0.25, 0.3) is 17.1 Å². The number of carbonyl (C=O) groups is 1. The van der Waals surface area contributed by atoms with E-state index >= 15 is 0 Å². The van der Waals surface area contributed by atoms with Gasteiger partial charge in [-0.3, -0.25) is 4.79 Å². The standard InChI is InChI=1S/C18H20N4OS/c1-11(2)17(18-20-14-6-4-5-7-15(14)21-18)22-16(23)9-8-13-10-24-12(3)19-13/h4-11,17H,1-3H3,(H,20,21)(H,22,23)/b9-8+/t17-/m0/s1. The van der Waals surface area contributed by atoms with Crippen molar-refractivity contribution in [3.05, 3.63) is 52.2 Å². The quantitative estimate of drug-likeness (QED) is 0.693. The molecule has 124 valence electrons. The van der Waals surface area contributed by atoms with Crippen LogP contribution in [0.15, 0.2) is 35.7 Å². The summed E-state index contributed by atoms with van der Waals surface area (Å²) in [4.78, 5) is 24.5. The molecule has 0 unspecified atom stereocenters. The van der Waals surface area contributed by atoms with Gasteiger partial charge in [0.1, 0.15) is 5.82 Å². The molecule has 0 spiro atoms. The van der Waals surface area contributed by atoms with Crippen molar-refractivity contribution >= 4 is 34.4 Å². The number of aromatic amines is 1. The van der Waals surface area contributed by atoms with Gasteiger partial charge in [-0.15, -0.1) is 11.3 Å². The summed E-state index contributed by atoms with van der Waals surface area (Å²) in [6.07, 6.45) is 3.25. The molecule has 6 heteroatoms. The maximum absolute atomic E-state index is 12.3. The second-order valence-corrected chi connectivity index (χ2v) is 7.06. The molecule has 3 aromatic rings. The number of nitrogens with zero attached hydrogens (tertiary/aromatic N) is 2. The molecule has 0 radical (unpaired) electrons. The minimum absolute atomic E-state index is 0.153. The van der Waals surface area contributed by atoms with E-state index in [0.717, 1.165) is 27.6 Å². The normalized spacial score (nSPS) is 13.0. The lowest BCUT2D eigenvalue weighted by Gasteiger charge is -2.19. The number of carbonyl (C=O) groups excluding carboxylic acids is 1. The van der Waals surface area contributed by atoms with Gasteiger partial charge in [0, 0.05) is 11.5 Å². The van der Waals surface area contributed by atoms with E-state index in [1.807, 2.05) is 36.6 Å². The number of thiazole rings is 1. The van der Waals surface area contributed by atoms with Gasteiger partial charge in [0.2, 0.25) is 5.91 Å². The highest BCUT2D eigenvalue weighted by molar-refractivity contribution is 7.09. The summed E-state index contributed by atoms with van der Waals surface area (Å²) in [6.45, 7) is 6.07. The first-order chi connectivity index (χ1) is 11.5. The van der Waals surface area contributed by atoms with Crippen molar-refractivity contribution in [2.24, 2.45) is 5.92 Å². The van der Waals surface area contributed by atoms with Gasteiger partial charge in [0.25, 0.3) is 0 Å². The van der Waals surface area contributed by atoms with Gasteiger partial charge in [-0.1, -0.05) is 26.0 Å². The van der Waals surface area contributed by atoms with Crippen molar-refractivity contribution in [1.82, 2.24) is 20.3 Å². The summed E-state index contributed by atoms with van der Waals surface area (Å²) in [6, 6.07) is 7.68. The fourth-order valence-corrected chi connectivity index (χ4v) is 3.07. The predicted octanol–water partition coefficient (Wildman–Crippen LogP) is 3.85. The number of hydrogen-bond donors (Lipinski definition) is 2. The molecular formula is C18H20N4OS. The van der Waals surface area contributed by atoms with Crippen molar-refractivity contribution < 1.29 is 4.79 Å². The van der Waals surface area contributed by atoms with Crippen LogP contribution in [0, 0.1) is 12.8 Å². The SMILES string of the molecule is Cc1nc(/C=C/C(=O)N[C@H](c2nc3ccccc3[nH]2)C(C)C)cs1. The highest BCUT2D eigenvalue weighted by Gasteiger charge is 2.20. The van der Waals surface area contributed by atoms with Crippen LogP contribution >= 0.6 is 11.3 Å². The van der Waals surface area contributed by atoms with Gasteiger partial charge in [0.15, 0.2) is 0 Å². The molecule has 24 heavy (non-hydrogen) atoms.